The van der Waals surface area contributed by atoms with Crippen LogP contribution in [0.15, 0.2) is 30.5 Å². The van der Waals surface area contributed by atoms with E-state index in [4.69, 9.17) is 0 Å². The summed E-state index contributed by atoms with van der Waals surface area (Å²) >= 11 is 0. The summed E-state index contributed by atoms with van der Waals surface area (Å²) in [7, 11) is -1.49. The molecule has 1 fully saturated rings. The van der Waals surface area contributed by atoms with Gasteiger partial charge >= 0.3 is 13.1 Å². The SMILES string of the molecule is C[C@@H](C(=O)O)[C@H]1CC[C@@H](c2ccnc3ccc(B(O)O)cc32)CC1. The molecule has 24 heavy (non-hydrogen) atoms. The molecule has 1 heterocycles. The number of rotatable bonds is 4. The highest BCUT2D eigenvalue weighted by molar-refractivity contribution is 6.58. The molecule has 1 aliphatic carbocycles. The number of aliphatic carboxylic acids is 1. The Morgan fingerprint density at radius 2 is 1.92 bits per heavy atom. The second kappa shape index (κ2) is 6.91. The maximum Gasteiger partial charge on any atom is 0.488 e. The zero-order valence-electron chi connectivity index (χ0n) is 13.7. The Morgan fingerprint density at radius 1 is 1.21 bits per heavy atom. The van der Waals surface area contributed by atoms with Gasteiger partial charge in [0, 0.05) is 11.6 Å². The van der Waals surface area contributed by atoms with Gasteiger partial charge in [-0.3, -0.25) is 9.78 Å². The summed E-state index contributed by atoms with van der Waals surface area (Å²) in [5.41, 5.74) is 2.48. The average molecular weight is 327 g/mol. The number of benzene rings is 1. The van der Waals surface area contributed by atoms with Crippen LogP contribution >= 0.6 is 0 Å². The van der Waals surface area contributed by atoms with E-state index in [-0.39, 0.29) is 11.8 Å². The van der Waals surface area contributed by atoms with Gasteiger partial charge in [-0.15, -0.1) is 0 Å². The molecule has 1 saturated carbocycles. The first-order valence-corrected chi connectivity index (χ1v) is 8.45. The van der Waals surface area contributed by atoms with Crippen molar-refractivity contribution in [3.63, 3.8) is 0 Å². The zero-order chi connectivity index (χ0) is 17.3. The molecule has 0 radical (unpaired) electrons. The predicted molar refractivity (Wildman–Crippen MR) is 93.1 cm³/mol. The molecule has 1 aromatic heterocycles. The van der Waals surface area contributed by atoms with Gasteiger partial charge in [0.05, 0.1) is 11.4 Å². The van der Waals surface area contributed by atoms with E-state index < -0.39 is 13.1 Å². The second-order valence-electron chi connectivity index (χ2n) is 6.79. The topological polar surface area (TPSA) is 90.7 Å². The molecule has 0 unspecified atom stereocenters. The van der Waals surface area contributed by atoms with E-state index >= 15 is 0 Å². The summed E-state index contributed by atoms with van der Waals surface area (Å²) in [6.45, 7) is 1.80. The zero-order valence-corrected chi connectivity index (χ0v) is 13.7. The molecule has 0 amide bonds. The van der Waals surface area contributed by atoms with Crippen LogP contribution in [0, 0.1) is 11.8 Å². The summed E-state index contributed by atoms with van der Waals surface area (Å²) in [6.07, 6.45) is 5.51. The molecule has 0 bridgehead atoms. The third-order valence-electron chi connectivity index (χ3n) is 5.41. The van der Waals surface area contributed by atoms with E-state index in [9.17, 15) is 19.9 Å². The number of fused-ring (bicyclic) bond motifs is 1. The minimum absolute atomic E-state index is 0.238. The monoisotopic (exact) mass is 327 g/mol. The molecule has 5 nitrogen and oxygen atoms in total. The van der Waals surface area contributed by atoms with Crippen molar-refractivity contribution in [3.8, 4) is 0 Å². The average Bonchev–Trinajstić information content (AvgIpc) is 2.60. The van der Waals surface area contributed by atoms with Crippen LogP contribution in [0.2, 0.25) is 0 Å². The Balaban J connectivity index is 1.85. The molecule has 0 aliphatic heterocycles. The summed E-state index contributed by atoms with van der Waals surface area (Å²) in [4.78, 5) is 15.5. The summed E-state index contributed by atoms with van der Waals surface area (Å²) in [5, 5.41) is 29.0. The van der Waals surface area contributed by atoms with Crippen molar-refractivity contribution in [2.45, 2.75) is 38.5 Å². The number of hydrogen-bond donors (Lipinski definition) is 3. The molecule has 3 N–H and O–H groups in total. The predicted octanol–water partition coefficient (Wildman–Crippen LogP) is 1.91. The number of carboxylic acid groups (broad SMARTS) is 1. The molecule has 6 heteroatoms. The van der Waals surface area contributed by atoms with Gasteiger partial charge in [-0.2, -0.15) is 0 Å². The highest BCUT2D eigenvalue weighted by atomic mass is 16.4. The summed E-state index contributed by atoms with van der Waals surface area (Å²) < 4.78 is 0. The molecule has 0 saturated heterocycles. The number of carboxylic acids is 1. The Bertz CT molecular complexity index is 741. The van der Waals surface area contributed by atoms with E-state index in [1.54, 1.807) is 25.3 Å². The lowest BCUT2D eigenvalue weighted by Gasteiger charge is -2.31. The van der Waals surface area contributed by atoms with Crippen LogP contribution in [0.25, 0.3) is 10.9 Å². The molecule has 0 spiro atoms. The third-order valence-corrected chi connectivity index (χ3v) is 5.41. The number of carbonyl (C=O) groups is 1. The molecule has 3 rings (SSSR count). The van der Waals surface area contributed by atoms with Gasteiger partial charge in [-0.05, 0) is 60.7 Å². The number of aromatic nitrogens is 1. The van der Waals surface area contributed by atoms with Gasteiger partial charge in [-0.25, -0.2) is 0 Å². The fraction of sp³-hybridized carbons (Fsp3) is 0.444. The van der Waals surface area contributed by atoms with Crippen molar-refractivity contribution in [2.24, 2.45) is 11.8 Å². The van der Waals surface area contributed by atoms with Crippen molar-refractivity contribution in [2.75, 3.05) is 0 Å². The molecule has 1 aromatic carbocycles. The van der Waals surface area contributed by atoms with Gasteiger partial charge in [0.25, 0.3) is 0 Å². The highest BCUT2D eigenvalue weighted by Crippen LogP contribution is 2.40. The van der Waals surface area contributed by atoms with Crippen LogP contribution in [0.3, 0.4) is 0 Å². The quantitative estimate of drug-likeness (QED) is 0.746. The van der Waals surface area contributed by atoms with E-state index in [0.717, 1.165) is 36.6 Å². The molecule has 2 aromatic rings. The minimum atomic E-state index is -1.49. The van der Waals surface area contributed by atoms with Crippen LogP contribution in [0.4, 0.5) is 0 Å². The van der Waals surface area contributed by atoms with Gasteiger partial charge in [0.15, 0.2) is 0 Å². The maximum absolute atomic E-state index is 11.2. The number of pyridine rings is 1. The normalized spacial score (nSPS) is 22.3. The summed E-state index contributed by atoms with van der Waals surface area (Å²) in [6, 6.07) is 7.29. The van der Waals surface area contributed by atoms with E-state index in [0.29, 0.717) is 11.4 Å². The van der Waals surface area contributed by atoms with Crippen LogP contribution in [0.1, 0.15) is 44.1 Å². The first-order valence-electron chi connectivity index (χ1n) is 8.45. The lowest BCUT2D eigenvalue weighted by atomic mass is 9.73. The first-order chi connectivity index (χ1) is 11.5. The smallest absolute Gasteiger partial charge is 0.481 e. The molecular weight excluding hydrogens is 305 g/mol. The Kier molecular flexibility index (Phi) is 4.87. The largest absolute Gasteiger partial charge is 0.488 e. The fourth-order valence-corrected chi connectivity index (χ4v) is 3.83. The van der Waals surface area contributed by atoms with Crippen molar-refractivity contribution in [3.05, 3.63) is 36.0 Å². The van der Waals surface area contributed by atoms with Crippen LogP contribution < -0.4 is 5.46 Å². The van der Waals surface area contributed by atoms with Crippen LogP contribution in [-0.2, 0) is 4.79 Å². The minimum Gasteiger partial charge on any atom is -0.481 e. The standard InChI is InChI=1S/C18H22BNO4/c1-11(18(21)22)12-2-4-13(5-3-12)15-8-9-20-17-7-6-14(19(23)24)10-16(15)17/h6-13,23-24H,2-5H2,1H3,(H,21,22)/t11-,12-,13+/m1/s1. The first kappa shape index (κ1) is 16.9. The van der Waals surface area contributed by atoms with E-state index in [1.165, 1.54) is 5.56 Å². The van der Waals surface area contributed by atoms with Gasteiger partial charge in [-0.1, -0.05) is 19.1 Å². The molecular formula is C18H22BNO4. The third kappa shape index (κ3) is 3.30. The van der Waals surface area contributed by atoms with Crippen molar-refractivity contribution in [1.82, 2.24) is 4.98 Å². The maximum atomic E-state index is 11.2. The highest BCUT2D eigenvalue weighted by Gasteiger charge is 2.30. The van der Waals surface area contributed by atoms with Crippen LogP contribution in [0.5, 0.6) is 0 Å². The van der Waals surface area contributed by atoms with Gasteiger partial charge in [0.1, 0.15) is 0 Å². The lowest BCUT2D eigenvalue weighted by Crippen LogP contribution is -2.29. The molecule has 1 atom stereocenters. The fourth-order valence-electron chi connectivity index (χ4n) is 3.83. The Hall–Kier alpha value is -1.92. The Labute approximate surface area is 141 Å². The summed E-state index contributed by atoms with van der Waals surface area (Å²) in [5.74, 6) is -0.411. The van der Waals surface area contributed by atoms with E-state index in [1.807, 2.05) is 12.1 Å². The number of nitrogens with zero attached hydrogens (tertiary/aromatic N) is 1. The molecule has 126 valence electrons. The molecule has 1 aliphatic rings. The second-order valence-corrected chi connectivity index (χ2v) is 6.79. The van der Waals surface area contributed by atoms with E-state index in [2.05, 4.69) is 4.98 Å². The van der Waals surface area contributed by atoms with Crippen molar-refractivity contribution >= 4 is 29.5 Å². The number of hydrogen-bond acceptors (Lipinski definition) is 4. The Morgan fingerprint density at radius 3 is 2.54 bits per heavy atom. The lowest BCUT2D eigenvalue weighted by molar-refractivity contribution is -0.143. The van der Waals surface area contributed by atoms with Gasteiger partial charge in [0.2, 0.25) is 0 Å². The van der Waals surface area contributed by atoms with Crippen LogP contribution in [-0.4, -0.2) is 33.2 Å². The van der Waals surface area contributed by atoms with Crippen molar-refractivity contribution < 1.29 is 19.9 Å². The van der Waals surface area contributed by atoms with Gasteiger partial charge < -0.3 is 15.2 Å². The van der Waals surface area contributed by atoms with Crippen molar-refractivity contribution in [1.29, 1.82) is 0 Å².